The fourth-order valence-electron chi connectivity index (χ4n) is 4.50. The normalized spacial score (nSPS) is 16.3. The Kier molecular flexibility index (Phi) is 6.60. The van der Waals surface area contributed by atoms with E-state index in [-0.39, 0.29) is 17.3 Å². The van der Waals surface area contributed by atoms with Crippen molar-refractivity contribution in [2.45, 2.75) is 30.4 Å². The second kappa shape index (κ2) is 9.81. The molecule has 3 aromatic carbocycles. The van der Waals surface area contributed by atoms with Crippen molar-refractivity contribution in [3.63, 3.8) is 0 Å². The number of hydrogen-bond acceptors (Lipinski definition) is 5. The standard InChI is InChI=1S/C27H26N2O4S2/c1-33-24-9-7-22-8-10-25(16-23(22)15-24)35(31,32)29(18-20-5-3-2-4-6-20)26-11-13-28(27(26)30)17-21-12-14-34-19-21/h2-10,12,14-16,19,26H,11,13,17-18H2,1H3/t26-/m0/s1. The highest BCUT2D eigenvalue weighted by Crippen LogP contribution is 2.30. The lowest BCUT2D eigenvalue weighted by Crippen LogP contribution is -2.44. The highest BCUT2D eigenvalue weighted by atomic mass is 32.2. The Balaban J connectivity index is 1.51. The summed E-state index contributed by atoms with van der Waals surface area (Å²) in [6, 6.07) is 21.3. The summed E-state index contributed by atoms with van der Waals surface area (Å²) in [7, 11) is -2.38. The van der Waals surface area contributed by atoms with Gasteiger partial charge in [0, 0.05) is 19.6 Å². The van der Waals surface area contributed by atoms with Crippen LogP contribution in [0.15, 0.2) is 88.5 Å². The molecule has 1 amide bonds. The van der Waals surface area contributed by atoms with Gasteiger partial charge in [0.15, 0.2) is 0 Å². The lowest BCUT2D eigenvalue weighted by molar-refractivity contribution is -0.131. The van der Waals surface area contributed by atoms with Crippen LogP contribution < -0.4 is 4.74 Å². The molecule has 0 saturated carbocycles. The van der Waals surface area contributed by atoms with Crippen LogP contribution in [0.2, 0.25) is 0 Å². The average molecular weight is 507 g/mol. The quantitative estimate of drug-likeness (QED) is 0.341. The first-order valence-electron chi connectivity index (χ1n) is 11.4. The van der Waals surface area contributed by atoms with Crippen molar-refractivity contribution in [2.24, 2.45) is 0 Å². The van der Waals surface area contributed by atoms with Crippen molar-refractivity contribution in [3.05, 3.63) is 94.7 Å². The van der Waals surface area contributed by atoms with E-state index >= 15 is 0 Å². The predicted octanol–water partition coefficient (Wildman–Crippen LogP) is 4.90. The van der Waals surface area contributed by atoms with Gasteiger partial charge in [0.05, 0.1) is 12.0 Å². The van der Waals surface area contributed by atoms with Crippen LogP contribution >= 0.6 is 11.3 Å². The van der Waals surface area contributed by atoms with E-state index in [1.807, 2.05) is 65.4 Å². The fraction of sp³-hybridized carbons (Fsp3) is 0.222. The van der Waals surface area contributed by atoms with Gasteiger partial charge in [0.2, 0.25) is 15.9 Å². The second-order valence-corrected chi connectivity index (χ2v) is 11.3. The number of ether oxygens (including phenoxy) is 1. The van der Waals surface area contributed by atoms with Crippen molar-refractivity contribution >= 4 is 38.0 Å². The highest BCUT2D eigenvalue weighted by Gasteiger charge is 2.42. The zero-order valence-electron chi connectivity index (χ0n) is 19.3. The molecule has 4 aromatic rings. The first-order chi connectivity index (χ1) is 17.0. The number of likely N-dealkylation sites (tertiary alicyclic amines) is 1. The first-order valence-corrected chi connectivity index (χ1v) is 13.8. The number of sulfonamides is 1. The maximum Gasteiger partial charge on any atom is 0.244 e. The van der Waals surface area contributed by atoms with Gasteiger partial charge in [-0.05, 0) is 69.4 Å². The largest absolute Gasteiger partial charge is 0.497 e. The SMILES string of the molecule is COc1ccc2ccc(S(=O)(=O)N(Cc3ccccc3)[C@H]3CCN(Cc4ccsc4)C3=O)cc2c1. The maximum absolute atomic E-state index is 14.0. The molecule has 8 heteroatoms. The molecule has 180 valence electrons. The van der Waals surface area contributed by atoms with Crippen LogP contribution in [0.25, 0.3) is 10.8 Å². The number of amides is 1. The molecule has 1 aliphatic heterocycles. The molecule has 0 N–H and O–H groups in total. The third-order valence-electron chi connectivity index (χ3n) is 6.38. The molecule has 35 heavy (non-hydrogen) atoms. The molecule has 0 radical (unpaired) electrons. The van der Waals surface area contributed by atoms with Crippen molar-refractivity contribution < 1.29 is 17.9 Å². The molecule has 0 unspecified atom stereocenters. The van der Waals surface area contributed by atoms with E-state index in [0.717, 1.165) is 21.9 Å². The van der Waals surface area contributed by atoms with E-state index < -0.39 is 16.1 Å². The summed E-state index contributed by atoms with van der Waals surface area (Å²) in [6.07, 6.45) is 0.455. The van der Waals surface area contributed by atoms with E-state index in [9.17, 15) is 13.2 Å². The second-order valence-electron chi connectivity index (χ2n) is 8.61. The van der Waals surface area contributed by atoms with Gasteiger partial charge >= 0.3 is 0 Å². The van der Waals surface area contributed by atoms with Crippen molar-refractivity contribution in [1.29, 1.82) is 0 Å². The highest BCUT2D eigenvalue weighted by molar-refractivity contribution is 7.89. The molecule has 0 bridgehead atoms. The number of thiophene rings is 1. The number of methoxy groups -OCH3 is 1. The summed E-state index contributed by atoms with van der Waals surface area (Å²) in [5.74, 6) is 0.501. The van der Waals surface area contributed by atoms with Crippen LogP contribution in [-0.4, -0.2) is 43.2 Å². The molecular weight excluding hydrogens is 480 g/mol. The van der Waals surface area contributed by atoms with Gasteiger partial charge in [-0.25, -0.2) is 8.42 Å². The number of carbonyl (C=O) groups is 1. The molecule has 0 spiro atoms. The molecule has 6 nitrogen and oxygen atoms in total. The van der Waals surface area contributed by atoms with E-state index in [2.05, 4.69) is 0 Å². The van der Waals surface area contributed by atoms with Crippen LogP contribution in [0.1, 0.15) is 17.5 Å². The minimum absolute atomic E-state index is 0.127. The van der Waals surface area contributed by atoms with Gasteiger partial charge in [-0.1, -0.05) is 42.5 Å². The van der Waals surface area contributed by atoms with Crippen molar-refractivity contribution in [3.8, 4) is 5.75 Å². The van der Waals surface area contributed by atoms with E-state index in [4.69, 9.17) is 4.74 Å². The molecule has 2 heterocycles. The Morgan fingerprint density at radius 3 is 2.54 bits per heavy atom. The topological polar surface area (TPSA) is 66.9 Å². The molecule has 5 rings (SSSR count). The van der Waals surface area contributed by atoms with Gasteiger partial charge in [-0.3, -0.25) is 4.79 Å². The average Bonchev–Trinajstić information content (AvgIpc) is 3.52. The minimum Gasteiger partial charge on any atom is -0.497 e. The van der Waals surface area contributed by atoms with E-state index in [0.29, 0.717) is 25.3 Å². The number of carbonyl (C=O) groups excluding carboxylic acids is 1. The summed E-state index contributed by atoms with van der Waals surface area (Å²) >= 11 is 1.58. The van der Waals surface area contributed by atoms with E-state index in [1.165, 1.54) is 4.31 Å². The molecular formula is C27H26N2O4S2. The molecule has 0 aliphatic carbocycles. The Hall–Kier alpha value is -3.20. The third kappa shape index (κ3) is 4.82. The smallest absolute Gasteiger partial charge is 0.244 e. The molecule has 1 aromatic heterocycles. The molecule has 1 fully saturated rings. The summed E-state index contributed by atoms with van der Waals surface area (Å²) in [5.41, 5.74) is 1.90. The zero-order chi connectivity index (χ0) is 24.4. The predicted molar refractivity (Wildman–Crippen MR) is 138 cm³/mol. The minimum atomic E-state index is -3.97. The van der Waals surface area contributed by atoms with Gasteiger partial charge in [-0.2, -0.15) is 15.6 Å². The summed E-state index contributed by atoms with van der Waals surface area (Å²) in [5, 5.41) is 5.68. The first kappa shape index (κ1) is 23.5. The number of nitrogens with zero attached hydrogens (tertiary/aromatic N) is 2. The molecule has 1 aliphatic rings. The van der Waals surface area contributed by atoms with Crippen LogP contribution in [0.3, 0.4) is 0 Å². The Labute approximate surface area is 209 Å². The number of benzene rings is 3. The Morgan fingerprint density at radius 1 is 1.00 bits per heavy atom. The van der Waals surface area contributed by atoms with Crippen molar-refractivity contribution in [1.82, 2.24) is 9.21 Å². The van der Waals surface area contributed by atoms with Gasteiger partial charge in [0.1, 0.15) is 11.8 Å². The number of rotatable bonds is 8. The van der Waals surface area contributed by atoms with E-state index in [1.54, 1.807) is 41.5 Å². The van der Waals surface area contributed by atoms with Crippen LogP contribution in [0.5, 0.6) is 5.75 Å². The van der Waals surface area contributed by atoms with Crippen molar-refractivity contribution in [2.75, 3.05) is 13.7 Å². The Morgan fingerprint density at radius 2 is 1.80 bits per heavy atom. The summed E-state index contributed by atoms with van der Waals surface area (Å²) in [6.45, 7) is 1.14. The third-order valence-corrected chi connectivity index (χ3v) is 8.96. The number of hydrogen-bond donors (Lipinski definition) is 0. The summed E-state index contributed by atoms with van der Waals surface area (Å²) < 4.78 is 34.7. The lowest BCUT2D eigenvalue weighted by atomic mass is 10.1. The summed E-state index contributed by atoms with van der Waals surface area (Å²) in [4.78, 5) is 15.4. The fourth-order valence-corrected chi connectivity index (χ4v) is 6.80. The number of fused-ring (bicyclic) bond motifs is 1. The monoisotopic (exact) mass is 506 g/mol. The van der Waals surface area contributed by atoms with Gasteiger partial charge in [-0.15, -0.1) is 0 Å². The van der Waals surface area contributed by atoms with Gasteiger partial charge in [0.25, 0.3) is 0 Å². The molecule has 1 atom stereocenters. The Bertz CT molecular complexity index is 1440. The van der Waals surface area contributed by atoms with Gasteiger partial charge < -0.3 is 9.64 Å². The maximum atomic E-state index is 14.0. The van der Waals surface area contributed by atoms with Crippen LogP contribution in [-0.2, 0) is 27.9 Å². The molecule has 1 saturated heterocycles. The zero-order valence-corrected chi connectivity index (χ0v) is 21.0. The lowest BCUT2D eigenvalue weighted by Gasteiger charge is -2.27. The van der Waals surface area contributed by atoms with Crippen LogP contribution in [0.4, 0.5) is 0 Å². The van der Waals surface area contributed by atoms with Crippen LogP contribution in [0, 0.1) is 0 Å².